The SMILES string of the molecule is CCC(C)N(CC)C(=O)c1cncc(C#CCN)c1. The number of hydrogen-bond donors (Lipinski definition) is 1. The minimum absolute atomic E-state index is 0.000693. The second-order valence-electron chi connectivity index (χ2n) is 4.32. The van der Waals surface area contributed by atoms with Crippen molar-refractivity contribution in [2.24, 2.45) is 5.73 Å². The van der Waals surface area contributed by atoms with Crippen LogP contribution >= 0.6 is 0 Å². The quantitative estimate of drug-likeness (QED) is 0.836. The lowest BCUT2D eigenvalue weighted by atomic mass is 10.1. The predicted molar refractivity (Wildman–Crippen MR) is 76.6 cm³/mol. The first-order chi connectivity index (χ1) is 9.13. The highest BCUT2D eigenvalue weighted by molar-refractivity contribution is 5.94. The van der Waals surface area contributed by atoms with E-state index in [1.807, 2.05) is 18.7 Å². The van der Waals surface area contributed by atoms with Crippen LogP contribution in [-0.4, -0.2) is 34.9 Å². The maximum absolute atomic E-state index is 12.4. The van der Waals surface area contributed by atoms with Gasteiger partial charge in [-0.15, -0.1) is 0 Å². The van der Waals surface area contributed by atoms with Crippen LogP contribution in [-0.2, 0) is 0 Å². The van der Waals surface area contributed by atoms with Crippen molar-refractivity contribution in [3.63, 3.8) is 0 Å². The molecule has 0 spiro atoms. The number of nitrogens with two attached hydrogens (primary N) is 1. The normalized spacial score (nSPS) is 11.4. The standard InChI is InChI=1S/C15H21N3O/c1-4-12(3)18(5-2)15(19)14-9-13(7-6-8-16)10-17-11-14/h9-12H,4-5,8,16H2,1-3H3. The number of carbonyl (C=O) groups excluding carboxylic acids is 1. The Morgan fingerprint density at radius 3 is 2.79 bits per heavy atom. The van der Waals surface area contributed by atoms with Crippen LogP contribution < -0.4 is 5.73 Å². The smallest absolute Gasteiger partial charge is 0.255 e. The van der Waals surface area contributed by atoms with Crippen molar-refractivity contribution < 1.29 is 4.79 Å². The first-order valence-electron chi connectivity index (χ1n) is 6.58. The summed E-state index contributed by atoms with van der Waals surface area (Å²) in [4.78, 5) is 18.3. The average molecular weight is 259 g/mol. The van der Waals surface area contributed by atoms with Gasteiger partial charge in [0.15, 0.2) is 0 Å². The van der Waals surface area contributed by atoms with Crippen LogP contribution in [0.1, 0.15) is 43.1 Å². The fraction of sp³-hybridized carbons (Fsp3) is 0.467. The molecule has 0 aliphatic rings. The van der Waals surface area contributed by atoms with Crippen LogP contribution in [0.3, 0.4) is 0 Å². The number of carbonyl (C=O) groups is 1. The van der Waals surface area contributed by atoms with E-state index < -0.39 is 0 Å². The monoisotopic (exact) mass is 259 g/mol. The van der Waals surface area contributed by atoms with Gasteiger partial charge >= 0.3 is 0 Å². The molecule has 19 heavy (non-hydrogen) atoms. The van der Waals surface area contributed by atoms with Gasteiger partial charge < -0.3 is 10.6 Å². The molecule has 4 heteroatoms. The Labute approximate surface area is 115 Å². The zero-order chi connectivity index (χ0) is 14.3. The Bertz CT molecular complexity index is 488. The largest absolute Gasteiger partial charge is 0.336 e. The van der Waals surface area contributed by atoms with Crippen molar-refractivity contribution in [2.45, 2.75) is 33.2 Å². The van der Waals surface area contributed by atoms with Gasteiger partial charge in [-0.3, -0.25) is 9.78 Å². The van der Waals surface area contributed by atoms with Crippen LogP contribution in [0, 0.1) is 11.8 Å². The molecule has 1 unspecified atom stereocenters. The maximum atomic E-state index is 12.4. The average Bonchev–Trinajstić information content (AvgIpc) is 2.45. The van der Waals surface area contributed by atoms with Crippen LogP contribution in [0.25, 0.3) is 0 Å². The van der Waals surface area contributed by atoms with E-state index in [0.717, 1.165) is 12.0 Å². The molecule has 0 aliphatic heterocycles. The third-order valence-electron chi connectivity index (χ3n) is 3.04. The molecule has 0 radical (unpaired) electrons. The summed E-state index contributed by atoms with van der Waals surface area (Å²) in [6, 6.07) is 1.99. The van der Waals surface area contributed by atoms with E-state index in [0.29, 0.717) is 18.7 Å². The van der Waals surface area contributed by atoms with Gasteiger partial charge in [-0.25, -0.2) is 0 Å². The lowest BCUT2D eigenvalue weighted by Crippen LogP contribution is -2.38. The van der Waals surface area contributed by atoms with Gasteiger partial charge in [0.1, 0.15) is 0 Å². The van der Waals surface area contributed by atoms with E-state index in [4.69, 9.17) is 5.73 Å². The summed E-state index contributed by atoms with van der Waals surface area (Å²) in [5, 5.41) is 0. The van der Waals surface area contributed by atoms with Gasteiger partial charge in [-0.05, 0) is 26.3 Å². The van der Waals surface area contributed by atoms with E-state index in [1.165, 1.54) is 0 Å². The molecule has 2 N–H and O–H groups in total. The highest BCUT2D eigenvalue weighted by atomic mass is 16.2. The fourth-order valence-electron chi connectivity index (χ4n) is 1.82. The summed E-state index contributed by atoms with van der Waals surface area (Å²) in [6.45, 7) is 7.09. The number of pyridine rings is 1. The summed E-state index contributed by atoms with van der Waals surface area (Å²) in [6.07, 6.45) is 4.15. The van der Waals surface area contributed by atoms with Gasteiger partial charge in [0.05, 0.1) is 12.1 Å². The fourth-order valence-corrected chi connectivity index (χ4v) is 1.82. The molecule has 0 saturated heterocycles. The lowest BCUT2D eigenvalue weighted by Gasteiger charge is -2.27. The number of aromatic nitrogens is 1. The highest BCUT2D eigenvalue weighted by Crippen LogP contribution is 2.11. The molecule has 0 saturated carbocycles. The molecule has 1 heterocycles. The van der Waals surface area contributed by atoms with Crippen molar-refractivity contribution in [2.75, 3.05) is 13.1 Å². The molecule has 0 fully saturated rings. The van der Waals surface area contributed by atoms with Gasteiger partial charge in [0, 0.05) is 30.5 Å². The molecular weight excluding hydrogens is 238 g/mol. The van der Waals surface area contributed by atoms with Crippen LogP contribution in [0.2, 0.25) is 0 Å². The number of nitrogens with zero attached hydrogens (tertiary/aromatic N) is 2. The summed E-state index contributed by atoms with van der Waals surface area (Å²) < 4.78 is 0. The van der Waals surface area contributed by atoms with E-state index in [9.17, 15) is 4.79 Å². The second-order valence-corrected chi connectivity index (χ2v) is 4.32. The van der Waals surface area contributed by atoms with E-state index in [-0.39, 0.29) is 11.9 Å². The Balaban J connectivity index is 2.98. The number of hydrogen-bond acceptors (Lipinski definition) is 3. The Hall–Kier alpha value is -1.86. The molecule has 102 valence electrons. The molecule has 1 rings (SSSR count). The lowest BCUT2D eigenvalue weighted by molar-refractivity contribution is 0.0699. The Kier molecular flexibility index (Phi) is 6.04. The Morgan fingerprint density at radius 1 is 1.47 bits per heavy atom. The van der Waals surface area contributed by atoms with Gasteiger partial charge in [0.2, 0.25) is 0 Å². The first-order valence-corrected chi connectivity index (χ1v) is 6.58. The van der Waals surface area contributed by atoms with Crippen molar-refractivity contribution in [3.05, 3.63) is 29.6 Å². The van der Waals surface area contributed by atoms with E-state index in [2.05, 4.69) is 23.7 Å². The molecule has 0 aliphatic carbocycles. The third kappa shape index (κ3) is 4.08. The number of rotatable bonds is 4. The van der Waals surface area contributed by atoms with Crippen LogP contribution in [0.4, 0.5) is 0 Å². The summed E-state index contributed by atoms with van der Waals surface area (Å²) in [5.41, 5.74) is 6.63. The minimum Gasteiger partial charge on any atom is -0.336 e. The van der Waals surface area contributed by atoms with Gasteiger partial charge in [-0.1, -0.05) is 18.8 Å². The topological polar surface area (TPSA) is 59.2 Å². The minimum atomic E-state index is 0.000693. The van der Waals surface area contributed by atoms with E-state index in [1.54, 1.807) is 18.5 Å². The maximum Gasteiger partial charge on any atom is 0.255 e. The zero-order valence-electron chi connectivity index (χ0n) is 11.8. The van der Waals surface area contributed by atoms with Gasteiger partial charge in [-0.2, -0.15) is 0 Å². The molecule has 1 amide bonds. The molecule has 1 atom stereocenters. The molecule has 4 nitrogen and oxygen atoms in total. The summed E-state index contributed by atoms with van der Waals surface area (Å²) in [7, 11) is 0. The first kappa shape index (κ1) is 15.2. The third-order valence-corrected chi connectivity index (χ3v) is 3.04. The van der Waals surface area contributed by atoms with Crippen molar-refractivity contribution in [3.8, 4) is 11.8 Å². The van der Waals surface area contributed by atoms with Crippen molar-refractivity contribution in [1.82, 2.24) is 9.88 Å². The molecule has 1 aromatic heterocycles. The van der Waals surface area contributed by atoms with E-state index >= 15 is 0 Å². The molecule has 1 aromatic rings. The predicted octanol–water partition coefficient (Wildman–Crippen LogP) is 1.65. The summed E-state index contributed by atoms with van der Waals surface area (Å²) in [5.74, 6) is 5.65. The second kappa shape index (κ2) is 7.55. The van der Waals surface area contributed by atoms with Crippen LogP contribution in [0.15, 0.2) is 18.5 Å². The van der Waals surface area contributed by atoms with Gasteiger partial charge in [0.25, 0.3) is 5.91 Å². The van der Waals surface area contributed by atoms with Crippen molar-refractivity contribution >= 4 is 5.91 Å². The van der Waals surface area contributed by atoms with Crippen molar-refractivity contribution in [1.29, 1.82) is 0 Å². The summed E-state index contributed by atoms with van der Waals surface area (Å²) >= 11 is 0. The molecule has 0 bridgehead atoms. The van der Waals surface area contributed by atoms with Crippen LogP contribution in [0.5, 0.6) is 0 Å². The molecular formula is C15H21N3O. The Morgan fingerprint density at radius 2 is 2.21 bits per heavy atom. The zero-order valence-corrected chi connectivity index (χ0v) is 11.8. The number of amides is 1. The molecule has 0 aromatic carbocycles. The highest BCUT2D eigenvalue weighted by Gasteiger charge is 2.19.